The molecule has 20 heavy (non-hydrogen) atoms. The van der Waals surface area contributed by atoms with Crippen LogP contribution in [0.2, 0.25) is 0 Å². The van der Waals surface area contributed by atoms with Crippen molar-refractivity contribution in [3.8, 4) is 6.07 Å². The van der Waals surface area contributed by atoms with Crippen molar-refractivity contribution >= 4 is 10.0 Å². The van der Waals surface area contributed by atoms with E-state index in [9.17, 15) is 8.42 Å². The van der Waals surface area contributed by atoms with Gasteiger partial charge in [-0.1, -0.05) is 0 Å². The first-order chi connectivity index (χ1) is 9.62. The summed E-state index contributed by atoms with van der Waals surface area (Å²) in [5.74, 6) is 1.55. The highest BCUT2D eigenvalue weighted by Crippen LogP contribution is 2.22. The number of imidazole rings is 1. The fourth-order valence-electron chi connectivity index (χ4n) is 2.54. The van der Waals surface area contributed by atoms with Crippen LogP contribution in [-0.4, -0.2) is 41.5 Å². The van der Waals surface area contributed by atoms with Gasteiger partial charge in [-0.3, -0.25) is 0 Å². The molecule has 2 rings (SSSR count). The van der Waals surface area contributed by atoms with Crippen molar-refractivity contribution in [3.05, 3.63) is 18.2 Å². The lowest BCUT2D eigenvalue weighted by atomic mass is 9.94. The number of piperidine rings is 1. The number of nitrogens with one attached hydrogen (secondary N) is 1. The summed E-state index contributed by atoms with van der Waals surface area (Å²) < 4.78 is 25.7. The Bertz CT molecular complexity index is 539. The summed E-state index contributed by atoms with van der Waals surface area (Å²) in [4.78, 5) is 7.30. The molecule has 1 fully saturated rings. The van der Waals surface area contributed by atoms with Crippen LogP contribution in [0, 0.1) is 17.2 Å². The lowest BCUT2D eigenvalue weighted by Crippen LogP contribution is -2.40. The molecule has 1 aliphatic heterocycles. The van der Waals surface area contributed by atoms with Gasteiger partial charge in [0.25, 0.3) is 0 Å². The molecule has 2 heterocycles. The van der Waals surface area contributed by atoms with Crippen molar-refractivity contribution < 1.29 is 8.42 Å². The highest BCUT2D eigenvalue weighted by Gasteiger charge is 2.27. The molecule has 1 aromatic heterocycles. The summed E-state index contributed by atoms with van der Waals surface area (Å²) in [5.41, 5.74) is 0. The minimum atomic E-state index is -3.18. The molecule has 1 saturated heterocycles. The quantitative estimate of drug-likeness (QED) is 0.801. The van der Waals surface area contributed by atoms with Crippen molar-refractivity contribution in [3.63, 3.8) is 0 Å². The van der Waals surface area contributed by atoms with E-state index in [0.29, 0.717) is 31.8 Å². The number of aromatic nitrogens is 2. The Morgan fingerprint density at radius 2 is 2.20 bits per heavy atom. The molecule has 0 bridgehead atoms. The molecule has 110 valence electrons. The summed E-state index contributed by atoms with van der Waals surface area (Å²) >= 11 is 0. The first-order valence-electron chi connectivity index (χ1n) is 6.95. The minimum Gasteiger partial charge on any atom is -0.349 e. The largest absolute Gasteiger partial charge is 0.349 e. The Hall–Kier alpha value is -1.39. The lowest BCUT2D eigenvalue weighted by Gasteiger charge is -2.30. The van der Waals surface area contributed by atoms with Gasteiger partial charge in [0.15, 0.2) is 0 Å². The normalized spacial score (nSPS) is 17.9. The molecule has 1 aliphatic rings. The second kappa shape index (κ2) is 6.86. The number of unbranched alkanes of at least 4 members (excludes halogenated alkanes) is 1. The van der Waals surface area contributed by atoms with Crippen LogP contribution >= 0.6 is 0 Å². The van der Waals surface area contributed by atoms with Crippen molar-refractivity contribution in [2.75, 3.05) is 18.8 Å². The van der Waals surface area contributed by atoms with E-state index in [1.54, 1.807) is 10.5 Å². The maximum atomic E-state index is 12.1. The van der Waals surface area contributed by atoms with Gasteiger partial charge in [-0.25, -0.2) is 17.7 Å². The smallest absolute Gasteiger partial charge is 0.214 e. The van der Waals surface area contributed by atoms with E-state index in [-0.39, 0.29) is 5.75 Å². The average molecular weight is 296 g/mol. The van der Waals surface area contributed by atoms with E-state index in [1.807, 2.05) is 12.3 Å². The van der Waals surface area contributed by atoms with Gasteiger partial charge in [0.2, 0.25) is 10.0 Å². The van der Waals surface area contributed by atoms with E-state index in [4.69, 9.17) is 5.26 Å². The zero-order chi connectivity index (χ0) is 14.4. The second-order valence-corrected chi connectivity index (χ2v) is 7.25. The standard InChI is InChI=1S/C13H20N4O2S/c14-5-1-2-10-20(18,19)17-8-3-12(4-9-17)11-13-15-6-7-16-13/h6-7,12H,1-4,8-11H2,(H,15,16). The topological polar surface area (TPSA) is 89.8 Å². The maximum absolute atomic E-state index is 12.1. The van der Waals surface area contributed by atoms with E-state index in [1.165, 1.54) is 0 Å². The predicted octanol–water partition coefficient (Wildman–Crippen LogP) is 1.30. The van der Waals surface area contributed by atoms with E-state index < -0.39 is 10.0 Å². The molecular formula is C13H20N4O2S. The zero-order valence-corrected chi connectivity index (χ0v) is 12.3. The van der Waals surface area contributed by atoms with Gasteiger partial charge >= 0.3 is 0 Å². The number of nitriles is 1. The highest BCUT2D eigenvalue weighted by atomic mass is 32.2. The number of aromatic amines is 1. The molecule has 6 nitrogen and oxygen atoms in total. The zero-order valence-electron chi connectivity index (χ0n) is 11.5. The summed E-state index contributed by atoms with van der Waals surface area (Å²) in [6.45, 7) is 1.17. The first kappa shape index (κ1) is 15.0. The molecule has 0 unspecified atom stereocenters. The highest BCUT2D eigenvalue weighted by molar-refractivity contribution is 7.89. The van der Waals surface area contributed by atoms with Crippen LogP contribution in [0.25, 0.3) is 0 Å². The maximum Gasteiger partial charge on any atom is 0.214 e. The number of H-pyrrole nitrogens is 1. The number of hydrogen-bond acceptors (Lipinski definition) is 4. The Morgan fingerprint density at radius 3 is 2.80 bits per heavy atom. The molecule has 0 amide bonds. The lowest BCUT2D eigenvalue weighted by molar-refractivity contribution is 0.270. The Morgan fingerprint density at radius 1 is 1.45 bits per heavy atom. The first-order valence-corrected chi connectivity index (χ1v) is 8.56. The van der Waals surface area contributed by atoms with Crippen molar-refractivity contribution in [2.24, 2.45) is 5.92 Å². The third-order valence-corrected chi connectivity index (χ3v) is 5.65. The fourth-order valence-corrected chi connectivity index (χ4v) is 4.07. The average Bonchev–Trinajstić information content (AvgIpc) is 2.92. The van der Waals surface area contributed by atoms with Gasteiger partial charge < -0.3 is 4.98 Å². The van der Waals surface area contributed by atoms with Crippen molar-refractivity contribution in [1.82, 2.24) is 14.3 Å². The molecule has 7 heteroatoms. The summed E-state index contributed by atoms with van der Waals surface area (Å²) in [7, 11) is -3.18. The SMILES string of the molecule is N#CCCCS(=O)(=O)N1CCC(Cc2ncc[nH]2)CC1. The van der Waals surface area contributed by atoms with Crippen LogP contribution in [0.4, 0.5) is 0 Å². The second-order valence-electron chi connectivity index (χ2n) is 5.16. The number of nitrogens with zero attached hydrogens (tertiary/aromatic N) is 3. The van der Waals surface area contributed by atoms with Crippen molar-refractivity contribution in [1.29, 1.82) is 5.26 Å². The predicted molar refractivity (Wildman–Crippen MR) is 75.2 cm³/mol. The van der Waals surface area contributed by atoms with Crippen LogP contribution in [0.15, 0.2) is 12.4 Å². The molecule has 0 spiro atoms. The van der Waals surface area contributed by atoms with Crippen LogP contribution < -0.4 is 0 Å². The van der Waals surface area contributed by atoms with E-state index in [0.717, 1.165) is 25.1 Å². The Labute approximate surface area is 119 Å². The van der Waals surface area contributed by atoms with Crippen LogP contribution in [-0.2, 0) is 16.4 Å². The van der Waals surface area contributed by atoms with E-state index >= 15 is 0 Å². The van der Waals surface area contributed by atoms with Gasteiger partial charge in [-0.15, -0.1) is 0 Å². The third-order valence-electron chi connectivity index (χ3n) is 3.69. The van der Waals surface area contributed by atoms with Gasteiger partial charge in [0, 0.05) is 38.3 Å². The molecule has 0 aromatic carbocycles. The molecule has 0 saturated carbocycles. The number of rotatable bonds is 6. The molecular weight excluding hydrogens is 276 g/mol. The Balaban J connectivity index is 1.80. The van der Waals surface area contributed by atoms with Crippen LogP contribution in [0.1, 0.15) is 31.5 Å². The van der Waals surface area contributed by atoms with Crippen LogP contribution in [0.3, 0.4) is 0 Å². The molecule has 1 aromatic rings. The Kier molecular flexibility index (Phi) is 5.15. The summed E-state index contributed by atoms with van der Waals surface area (Å²) in [5, 5.41) is 8.46. The molecule has 0 aliphatic carbocycles. The molecule has 0 atom stereocenters. The fraction of sp³-hybridized carbons (Fsp3) is 0.692. The van der Waals surface area contributed by atoms with Gasteiger partial charge in [0.1, 0.15) is 5.82 Å². The molecule has 0 radical (unpaired) electrons. The van der Waals surface area contributed by atoms with Crippen molar-refractivity contribution in [2.45, 2.75) is 32.1 Å². The van der Waals surface area contributed by atoms with Gasteiger partial charge in [-0.05, 0) is 25.2 Å². The number of hydrogen-bond donors (Lipinski definition) is 1. The number of sulfonamides is 1. The van der Waals surface area contributed by atoms with E-state index in [2.05, 4.69) is 9.97 Å². The van der Waals surface area contributed by atoms with Gasteiger partial charge in [-0.2, -0.15) is 5.26 Å². The monoisotopic (exact) mass is 296 g/mol. The summed E-state index contributed by atoms with van der Waals surface area (Å²) in [6.07, 6.45) is 6.90. The van der Waals surface area contributed by atoms with Gasteiger partial charge in [0.05, 0.1) is 11.8 Å². The van der Waals surface area contributed by atoms with Crippen LogP contribution in [0.5, 0.6) is 0 Å². The summed E-state index contributed by atoms with van der Waals surface area (Å²) in [6, 6.07) is 1.98. The minimum absolute atomic E-state index is 0.0867. The molecule has 1 N–H and O–H groups in total. The third kappa shape index (κ3) is 4.05.